The molecule has 0 spiro atoms. The summed E-state index contributed by atoms with van der Waals surface area (Å²) in [5.74, 6) is -1.11. The van der Waals surface area contributed by atoms with Crippen molar-refractivity contribution in [3.8, 4) is 0 Å². The van der Waals surface area contributed by atoms with Crippen LogP contribution < -0.4 is 5.73 Å². The first-order valence-corrected chi connectivity index (χ1v) is 4.77. The number of aromatic carboxylic acids is 1. The Kier molecular flexibility index (Phi) is 2.59. The molecule has 0 saturated heterocycles. The number of carbonyl (C=O) groups is 1. The molecule has 5 heteroatoms. The van der Waals surface area contributed by atoms with Crippen LogP contribution in [-0.4, -0.2) is 20.9 Å². The monoisotopic (exact) mass is 217 g/mol. The third-order valence-corrected chi connectivity index (χ3v) is 2.18. The summed E-state index contributed by atoms with van der Waals surface area (Å²) >= 11 is 0. The van der Waals surface area contributed by atoms with Gasteiger partial charge in [0, 0.05) is 6.20 Å². The Morgan fingerprint density at radius 3 is 2.62 bits per heavy atom. The van der Waals surface area contributed by atoms with E-state index in [1.165, 1.54) is 10.9 Å². The van der Waals surface area contributed by atoms with Crippen molar-refractivity contribution < 1.29 is 9.90 Å². The Morgan fingerprint density at radius 2 is 2.06 bits per heavy atom. The number of nitrogens with zero attached hydrogens (tertiary/aromatic N) is 2. The molecule has 2 rings (SSSR count). The van der Waals surface area contributed by atoms with E-state index >= 15 is 0 Å². The maximum Gasteiger partial charge on any atom is 0.358 e. The number of nitrogen functional groups attached to an aromatic ring is 1. The van der Waals surface area contributed by atoms with Crippen molar-refractivity contribution in [3.63, 3.8) is 0 Å². The summed E-state index contributed by atoms with van der Waals surface area (Å²) in [4.78, 5) is 10.7. The fourth-order valence-electron chi connectivity index (χ4n) is 1.45. The Labute approximate surface area is 92.1 Å². The Balaban J connectivity index is 2.23. The predicted molar refractivity (Wildman–Crippen MR) is 59.1 cm³/mol. The average molecular weight is 217 g/mol. The SMILES string of the molecule is Nc1cn(Cc2ccccc2)nc1C(=O)O. The fraction of sp³-hybridized carbons (Fsp3) is 0.0909. The second-order valence-electron chi connectivity index (χ2n) is 3.42. The van der Waals surface area contributed by atoms with Crippen LogP contribution in [-0.2, 0) is 6.54 Å². The number of rotatable bonds is 3. The molecule has 5 nitrogen and oxygen atoms in total. The molecule has 0 atom stereocenters. The van der Waals surface area contributed by atoms with Crippen molar-refractivity contribution in [3.05, 3.63) is 47.8 Å². The van der Waals surface area contributed by atoms with Gasteiger partial charge in [-0.3, -0.25) is 4.68 Å². The van der Waals surface area contributed by atoms with Gasteiger partial charge in [-0.05, 0) is 5.56 Å². The summed E-state index contributed by atoms with van der Waals surface area (Å²) in [6, 6.07) is 9.64. The molecule has 2 aromatic rings. The van der Waals surface area contributed by atoms with E-state index in [1.54, 1.807) is 0 Å². The van der Waals surface area contributed by atoms with Gasteiger partial charge in [-0.25, -0.2) is 4.79 Å². The van der Waals surface area contributed by atoms with Crippen LogP contribution in [0.15, 0.2) is 36.5 Å². The van der Waals surface area contributed by atoms with E-state index in [2.05, 4.69) is 5.10 Å². The maximum atomic E-state index is 10.7. The van der Waals surface area contributed by atoms with Gasteiger partial charge in [-0.2, -0.15) is 5.10 Å². The van der Waals surface area contributed by atoms with Crippen LogP contribution in [0.1, 0.15) is 16.1 Å². The molecular weight excluding hydrogens is 206 g/mol. The molecule has 0 fully saturated rings. The van der Waals surface area contributed by atoms with Crippen molar-refractivity contribution in [2.75, 3.05) is 5.73 Å². The predicted octanol–water partition coefficient (Wildman–Crippen LogP) is 1.21. The molecule has 0 bridgehead atoms. The highest BCUT2D eigenvalue weighted by Crippen LogP contribution is 2.10. The molecule has 3 N–H and O–H groups in total. The third kappa shape index (κ3) is 2.03. The number of hydrogen-bond donors (Lipinski definition) is 2. The zero-order valence-electron chi connectivity index (χ0n) is 8.50. The molecular formula is C11H11N3O2. The number of aromatic nitrogens is 2. The van der Waals surface area contributed by atoms with Crippen molar-refractivity contribution in [1.29, 1.82) is 0 Å². The summed E-state index contributed by atoms with van der Waals surface area (Å²) in [7, 11) is 0. The number of nitrogens with two attached hydrogens (primary N) is 1. The zero-order chi connectivity index (χ0) is 11.5. The smallest absolute Gasteiger partial charge is 0.358 e. The quantitative estimate of drug-likeness (QED) is 0.809. The van der Waals surface area contributed by atoms with E-state index in [4.69, 9.17) is 10.8 Å². The highest BCUT2D eigenvalue weighted by molar-refractivity contribution is 5.91. The molecule has 0 unspecified atom stereocenters. The molecule has 0 radical (unpaired) electrons. The number of carboxylic acid groups (broad SMARTS) is 1. The van der Waals surface area contributed by atoms with Gasteiger partial charge >= 0.3 is 5.97 Å². The van der Waals surface area contributed by atoms with Gasteiger partial charge < -0.3 is 10.8 Å². The largest absolute Gasteiger partial charge is 0.476 e. The van der Waals surface area contributed by atoms with E-state index < -0.39 is 5.97 Å². The van der Waals surface area contributed by atoms with E-state index in [0.717, 1.165) is 5.56 Å². The highest BCUT2D eigenvalue weighted by atomic mass is 16.4. The Bertz CT molecular complexity index is 505. The van der Waals surface area contributed by atoms with Crippen molar-refractivity contribution in [1.82, 2.24) is 9.78 Å². The van der Waals surface area contributed by atoms with Gasteiger partial charge in [0.05, 0.1) is 12.2 Å². The molecule has 0 saturated carbocycles. The van der Waals surface area contributed by atoms with Crippen LogP contribution in [0.3, 0.4) is 0 Å². The van der Waals surface area contributed by atoms with Gasteiger partial charge in [0.2, 0.25) is 0 Å². The van der Waals surface area contributed by atoms with E-state index in [1.807, 2.05) is 30.3 Å². The summed E-state index contributed by atoms with van der Waals surface area (Å²) in [5, 5.41) is 12.7. The topological polar surface area (TPSA) is 81.1 Å². The normalized spacial score (nSPS) is 10.2. The lowest BCUT2D eigenvalue weighted by Crippen LogP contribution is -2.04. The number of anilines is 1. The lowest BCUT2D eigenvalue weighted by molar-refractivity contribution is 0.0690. The zero-order valence-corrected chi connectivity index (χ0v) is 8.50. The lowest BCUT2D eigenvalue weighted by atomic mass is 10.2. The summed E-state index contributed by atoms with van der Waals surface area (Å²) in [5.41, 5.74) is 6.66. The van der Waals surface area contributed by atoms with Crippen molar-refractivity contribution >= 4 is 11.7 Å². The van der Waals surface area contributed by atoms with Gasteiger partial charge in [0.15, 0.2) is 5.69 Å². The molecule has 16 heavy (non-hydrogen) atoms. The minimum atomic E-state index is -1.11. The summed E-state index contributed by atoms with van der Waals surface area (Å²) in [6.07, 6.45) is 1.52. The second kappa shape index (κ2) is 4.06. The third-order valence-electron chi connectivity index (χ3n) is 2.18. The molecule has 0 aliphatic heterocycles. The first-order chi connectivity index (χ1) is 7.66. The van der Waals surface area contributed by atoms with Gasteiger partial charge in [0.25, 0.3) is 0 Å². The van der Waals surface area contributed by atoms with Crippen molar-refractivity contribution in [2.24, 2.45) is 0 Å². The van der Waals surface area contributed by atoms with Crippen LogP contribution in [0.5, 0.6) is 0 Å². The van der Waals surface area contributed by atoms with Crippen LogP contribution in [0, 0.1) is 0 Å². The number of benzene rings is 1. The maximum absolute atomic E-state index is 10.7. The second-order valence-corrected chi connectivity index (χ2v) is 3.42. The van der Waals surface area contributed by atoms with Crippen LogP contribution in [0.4, 0.5) is 5.69 Å². The molecule has 0 aliphatic carbocycles. The van der Waals surface area contributed by atoms with Gasteiger partial charge in [-0.1, -0.05) is 30.3 Å². The van der Waals surface area contributed by atoms with E-state index in [0.29, 0.717) is 6.54 Å². The minimum Gasteiger partial charge on any atom is -0.476 e. The van der Waals surface area contributed by atoms with Crippen LogP contribution >= 0.6 is 0 Å². The first-order valence-electron chi connectivity index (χ1n) is 4.77. The summed E-state index contributed by atoms with van der Waals surface area (Å²) < 4.78 is 1.52. The molecule has 1 aromatic carbocycles. The van der Waals surface area contributed by atoms with Crippen LogP contribution in [0.25, 0.3) is 0 Å². The molecule has 0 aliphatic rings. The lowest BCUT2D eigenvalue weighted by Gasteiger charge is -2.00. The molecule has 0 amide bonds. The summed E-state index contributed by atoms with van der Waals surface area (Å²) in [6.45, 7) is 0.512. The first kappa shape index (κ1) is 10.2. The fourth-order valence-corrected chi connectivity index (χ4v) is 1.45. The van der Waals surface area contributed by atoms with Gasteiger partial charge in [0.1, 0.15) is 0 Å². The highest BCUT2D eigenvalue weighted by Gasteiger charge is 2.12. The van der Waals surface area contributed by atoms with E-state index in [-0.39, 0.29) is 11.4 Å². The Morgan fingerprint density at radius 1 is 1.38 bits per heavy atom. The van der Waals surface area contributed by atoms with Crippen LogP contribution in [0.2, 0.25) is 0 Å². The number of hydrogen-bond acceptors (Lipinski definition) is 3. The molecule has 1 aromatic heterocycles. The van der Waals surface area contributed by atoms with Gasteiger partial charge in [-0.15, -0.1) is 0 Å². The van der Waals surface area contributed by atoms with Crippen molar-refractivity contribution in [2.45, 2.75) is 6.54 Å². The minimum absolute atomic E-state index is 0.101. The molecule has 82 valence electrons. The molecule has 1 heterocycles. The number of carboxylic acids is 1. The van der Waals surface area contributed by atoms with E-state index in [9.17, 15) is 4.79 Å². The Hall–Kier alpha value is -2.30. The standard InChI is InChI=1S/C11H11N3O2/c12-9-7-14(13-10(9)11(15)16)6-8-4-2-1-3-5-8/h1-5,7H,6,12H2,(H,15,16). The average Bonchev–Trinajstić information content (AvgIpc) is 2.61.